The van der Waals surface area contributed by atoms with Crippen LogP contribution in [0.25, 0.3) is 0 Å². The van der Waals surface area contributed by atoms with Gasteiger partial charge in [0.1, 0.15) is 0 Å². The second kappa shape index (κ2) is 11.5. The number of rotatable bonds is 8. The molecule has 1 fully saturated rings. The smallest absolute Gasteiger partial charge is 0.191 e. The van der Waals surface area contributed by atoms with Crippen molar-refractivity contribution in [1.82, 2.24) is 15.6 Å². The van der Waals surface area contributed by atoms with Crippen LogP contribution in [0.3, 0.4) is 0 Å². The molecule has 1 aromatic heterocycles. The van der Waals surface area contributed by atoms with Crippen molar-refractivity contribution in [3.05, 3.63) is 51.5 Å². The Kier molecular flexibility index (Phi) is 8.70. The van der Waals surface area contributed by atoms with Gasteiger partial charge in [0.2, 0.25) is 0 Å². The molecular weight excluding hydrogens is 392 g/mol. The number of ether oxygens (including phenoxy) is 1. The molecule has 3 rings (SSSR count). The summed E-state index contributed by atoms with van der Waals surface area (Å²) >= 11 is 1.76. The number of nitrogens with one attached hydrogen (secondary N) is 2. The summed E-state index contributed by atoms with van der Waals surface area (Å²) in [7, 11) is 0. The maximum atomic E-state index is 6.15. The number of aliphatic imine (C=N–C) groups is 1. The van der Waals surface area contributed by atoms with Crippen molar-refractivity contribution in [2.24, 2.45) is 10.9 Å². The maximum absolute atomic E-state index is 6.15. The predicted octanol–water partition coefficient (Wildman–Crippen LogP) is 4.84. The summed E-state index contributed by atoms with van der Waals surface area (Å²) in [4.78, 5) is 9.62. The first-order chi connectivity index (χ1) is 14.6. The second-order valence-corrected chi connectivity index (χ2v) is 9.22. The Morgan fingerprint density at radius 1 is 1.27 bits per heavy atom. The van der Waals surface area contributed by atoms with Gasteiger partial charge in [0.05, 0.1) is 16.8 Å². The van der Waals surface area contributed by atoms with Crippen molar-refractivity contribution in [3.63, 3.8) is 0 Å². The number of nitrogens with zero attached hydrogens (tertiary/aromatic N) is 2. The lowest BCUT2D eigenvalue weighted by atomic mass is 9.89. The summed E-state index contributed by atoms with van der Waals surface area (Å²) in [6.07, 6.45) is 3.30. The monoisotopic (exact) mass is 428 g/mol. The third kappa shape index (κ3) is 6.54. The van der Waals surface area contributed by atoms with Crippen LogP contribution in [0.15, 0.2) is 34.6 Å². The fraction of sp³-hybridized carbons (Fsp3) is 0.583. The summed E-state index contributed by atoms with van der Waals surface area (Å²) in [6.45, 7) is 11.9. The Balaban J connectivity index is 1.57. The first-order valence-corrected chi connectivity index (χ1v) is 12.1. The summed E-state index contributed by atoms with van der Waals surface area (Å²) in [5, 5.41) is 10.2. The lowest BCUT2D eigenvalue weighted by molar-refractivity contribution is -0.0250. The van der Waals surface area contributed by atoms with Crippen LogP contribution in [0.5, 0.6) is 0 Å². The molecule has 0 bridgehead atoms. The number of hydrogen-bond donors (Lipinski definition) is 2. The Hall–Kier alpha value is -1.92. The summed E-state index contributed by atoms with van der Waals surface area (Å²) in [5.74, 6) is 1.78. The lowest BCUT2D eigenvalue weighted by Gasteiger charge is -2.31. The molecule has 2 aromatic rings. The molecule has 2 N–H and O–H groups in total. The molecule has 0 amide bonds. The number of benzene rings is 1. The molecule has 5 nitrogen and oxygen atoms in total. The van der Waals surface area contributed by atoms with E-state index in [9.17, 15) is 0 Å². The first kappa shape index (κ1) is 22.8. The normalized spacial score (nSPS) is 19.8. The molecule has 1 aromatic carbocycles. The Morgan fingerprint density at radius 3 is 2.77 bits per heavy atom. The molecule has 2 heterocycles. The quantitative estimate of drug-likeness (QED) is 0.467. The van der Waals surface area contributed by atoms with Gasteiger partial charge in [0.25, 0.3) is 0 Å². The second-order valence-electron chi connectivity index (χ2n) is 8.33. The molecule has 0 saturated carbocycles. The first-order valence-electron chi connectivity index (χ1n) is 11.2. The molecule has 2 atom stereocenters. The molecule has 0 aliphatic carbocycles. The van der Waals surface area contributed by atoms with Crippen LogP contribution in [-0.4, -0.2) is 37.2 Å². The van der Waals surface area contributed by atoms with Crippen LogP contribution < -0.4 is 10.6 Å². The molecule has 0 spiro atoms. The highest BCUT2D eigenvalue weighted by atomic mass is 32.1. The van der Waals surface area contributed by atoms with Crippen molar-refractivity contribution in [3.8, 4) is 0 Å². The predicted molar refractivity (Wildman–Crippen MR) is 126 cm³/mol. The minimum atomic E-state index is 0.135. The van der Waals surface area contributed by atoms with Gasteiger partial charge in [-0.15, -0.1) is 11.3 Å². The van der Waals surface area contributed by atoms with Gasteiger partial charge in [-0.25, -0.2) is 4.98 Å². The molecule has 1 aliphatic rings. The van der Waals surface area contributed by atoms with E-state index in [4.69, 9.17) is 14.7 Å². The topological polar surface area (TPSA) is 58.5 Å². The Labute approximate surface area is 185 Å². The van der Waals surface area contributed by atoms with Crippen LogP contribution in [0, 0.1) is 12.8 Å². The van der Waals surface area contributed by atoms with Gasteiger partial charge in [0.15, 0.2) is 5.96 Å². The number of aryl methyl sites for hydroxylation is 1. The van der Waals surface area contributed by atoms with Crippen LogP contribution in [0.1, 0.15) is 67.5 Å². The summed E-state index contributed by atoms with van der Waals surface area (Å²) in [6, 6.07) is 8.74. The van der Waals surface area contributed by atoms with Crippen molar-refractivity contribution in [1.29, 1.82) is 0 Å². The van der Waals surface area contributed by atoms with Crippen LogP contribution in [0.2, 0.25) is 0 Å². The van der Waals surface area contributed by atoms with E-state index < -0.39 is 0 Å². The van der Waals surface area contributed by atoms with Crippen molar-refractivity contribution in [2.75, 3.05) is 26.2 Å². The van der Waals surface area contributed by atoms with Gasteiger partial charge in [0, 0.05) is 49.9 Å². The average Bonchev–Trinajstić information content (AvgIpc) is 3.22. The Bertz CT molecular complexity index is 800. The lowest BCUT2D eigenvalue weighted by Crippen LogP contribution is -2.39. The van der Waals surface area contributed by atoms with E-state index >= 15 is 0 Å². The molecule has 1 saturated heterocycles. The average molecular weight is 429 g/mol. The standard InChI is InChI=1S/C24H36N4OS/c1-5-25-24(26-13-12-21-16-30-23(28-21)17(2)3)27-15-20-7-6-14-29-22(20)19-10-8-18(4)9-11-19/h8-11,16-17,20,22H,5-7,12-15H2,1-4H3,(H2,25,26,27). The van der Waals surface area contributed by atoms with E-state index in [2.05, 4.69) is 68.0 Å². The van der Waals surface area contributed by atoms with Gasteiger partial charge >= 0.3 is 0 Å². The minimum Gasteiger partial charge on any atom is -0.373 e. The molecule has 164 valence electrons. The van der Waals surface area contributed by atoms with E-state index in [1.165, 1.54) is 16.1 Å². The van der Waals surface area contributed by atoms with Gasteiger partial charge in [-0.3, -0.25) is 4.99 Å². The van der Waals surface area contributed by atoms with Crippen molar-refractivity contribution in [2.45, 2.75) is 59.0 Å². The van der Waals surface area contributed by atoms with Crippen molar-refractivity contribution >= 4 is 17.3 Å². The number of guanidine groups is 1. The molecule has 0 radical (unpaired) electrons. The minimum absolute atomic E-state index is 0.135. The molecule has 30 heavy (non-hydrogen) atoms. The Morgan fingerprint density at radius 2 is 2.07 bits per heavy atom. The highest BCUT2D eigenvalue weighted by Crippen LogP contribution is 2.34. The molecule has 6 heteroatoms. The van der Waals surface area contributed by atoms with Crippen LogP contribution in [-0.2, 0) is 11.2 Å². The fourth-order valence-electron chi connectivity index (χ4n) is 3.72. The third-order valence-electron chi connectivity index (χ3n) is 5.42. The maximum Gasteiger partial charge on any atom is 0.191 e. The van der Waals surface area contributed by atoms with E-state index in [0.29, 0.717) is 11.8 Å². The zero-order valence-electron chi connectivity index (χ0n) is 18.8. The molecular formula is C24H36N4OS. The van der Waals surface area contributed by atoms with Gasteiger partial charge in [-0.05, 0) is 32.3 Å². The van der Waals surface area contributed by atoms with E-state index in [1.54, 1.807) is 11.3 Å². The van der Waals surface area contributed by atoms with Crippen LogP contribution in [0.4, 0.5) is 0 Å². The number of hydrogen-bond acceptors (Lipinski definition) is 4. The van der Waals surface area contributed by atoms with Gasteiger partial charge < -0.3 is 15.4 Å². The van der Waals surface area contributed by atoms with Crippen molar-refractivity contribution < 1.29 is 4.74 Å². The summed E-state index contributed by atoms with van der Waals surface area (Å²) < 4.78 is 6.15. The fourth-order valence-corrected chi connectivity index (χ4v) is 4.59. The largest absolute Gasteiger partial charge is 0.373 e. The van der Waals surface area contributed by atoms with Crippen LogP contribution >= 0.6 is 11.3 Å². The third-order valence-corrected chi connectivity index (χ3v) is 6.61. The van der Waals surface area contributed by atoms with E-state index in [1.807, 2.05) is 0 Å². The van der Waals surface area contributed by atoms with E-state index in [0.717, 1.165) is 57.2 Å². The highest BCUT2D eigenvalue weighted by molar-refractivity contribution is 7.09. The molecule has 2 unspecified atom stereocenters. The highest BCUT2D eigenvalue weighted by Gasteiger charge is 2.27. The zero-order chi connectivity index (χ0) is 21.3. The zero-order valence-corrected chi connectivity index (χ0v) is 19.6. The SMILES string of the molecule is CCNC(=NCC1CCCOC1c1ccc(C)cc1)NCCc1csc(C(C)C)n1. The van der Waals surface area contributed by atoms with Gasteiger partial charge in [-0.1, -0.05) is 43.7 Å². The van der Waals surface area contributed by atoms with E-state index in [-0.39, 0.29) is 6.10 Å². The number of thiazole rings is 1. The summed E-state index contributed by atoms with van der Waals surface area (Å²) in [5.41, 5.74) is 3.71. The number of aromatic nitrogens is 1. The van der Waals surface area contributed by atoms with Gasteiger partial charge in [-0.2, -0.15) is 0 Å². The molecule has 1 aliphatic heterocycles.